The number of hydrogen-bond donors (Lipinski definition) is 1. The number of hydrogen-bond acceptors (Lipinski definition) is 5. The Labute approximate surface area is 151 Å². The van der Waals surface area contributed by atoms with Gasteiger partial charge in [-0.2, -0.15) is 0 Å². The van der Waals surface area contributed by atoms with Crippen molar-refractivity contribution >= 4 is 11.8 Å². The predicted molar refractivity (Wildman–Crippen MR) is 95.2 cm³/mol. The number of rotatable bonds is 5. The molecule has 1 aliphatic heterocycles. The minimum absolute atomic E-state index is 0.210. The van der Waals surface area contributed by atoms with Gasteiger partial charge in [-0.15, -0.1) is 0 Å². The van der Waals surface area contributed by atoms with Gasteiger partial charge < -0.3 is 19.7 Å². The van der Waals surface area contributed by atoms with E-state index in [-0.39, 0.29) is 17.9 Å². The van der Waals surface area contributed by atoms with Crippen LogP contribution in [0.2, 0.25) is 0 Å². The van der Waals surface area contributed by atoms with Crippen LogP contribution in [0.5, 0.6) is 11.5 Å². The third-order valence-corrected chi connectivity index (χ3v) is 4.33. The first-order chi connectivity index (χ1) is 12.6. The topological polar surface area (TPSA) is 80.8 Å². The Morgan fingerprint density at radius 1 is 1.23 bits per heavy atom. The van der Waals surface area contributed by atoms with Crippen molar-refractivity contribution in [3.63, 3.8) is 0 Å². The lowest BCUT2D eigenvalue weighted by Gasteiger charge is -2.23. The van der Waals surface area contributed by atoms with Gasteiger partial charge in [0, 0.05) is 25.2 Å². The summed E-state index contributed by atoms with van der Waals surface area (Å²) < 4.78 is 11.1. The normalized spacial score (nSPS) is 19.1. The Bertz CT molecular complexity index is 781. The lowest BCUT2D eigenvalue weighted by Crippen LogP contribution is -2.44. The number of methoxy groups -OCH3 is 1. The Morgan fingerprint density at radius 3 is 2.73 bits per heavy atom. The fourth-order valence-electron chi connectivity index (χ4n) is 3.05. The number of likely N-dealkylation sites (tertiary alicyclic amines) is 1. The van der Waals surface area contributed by atoms with Crippen molar-refractivity contribution < 1.29 is 19.1 Å². The molecule has 1 fully saturated rings. The number of carbonyl (C=O) groups is 2. The maximum atomic E-state index is 13.0. The van der Waals surface area contributed by atoms with Gasteiger partial charge in [-0.1, -0.05) is 6.07 Å². The maximum Gasteiger partial charge on any atom is 0.254 e. The fourth-order valence-corrected chi connectivity index (χ4v) is 3.05. The molecule has 1 N–H and O–H groups in total. The van der Waals surface area contributed by atoms with E-state index in [1.165, 1.54) is 0 Å². The van der Waals surface area contributed by atoms with Crippen LogP contribution in [0, 0.1) is 0 Å². The Kier molecular flexibility index (Phi) is 5.36. The number of benzene rings is 1. The number of nitrogens with one attached hydrogen (secondary N) is 1. The summed E-state index contributed by atoms with van der Waals surface area (Å²) in [5.41, 5.74) is 0.472. The van der Waals surface area contributed by atoms with Gasteiger partial charge in [0.2, 0.25) is 5.91 Å². The number of pyridine rings is 1. The minimum atomic E-state index is -0.583. The fraction of sp³-hybridized carbons (Fsp3) is 0.316. The van der Waals surface area contributed by atoms with Crippen LogP contribution in [0.3, 0.4) is 0 Å². The molecule has 26 heavy (non-hydrogen) atoms. The molecule has 1 aliphatic rings. The molecule has 2 amide bonds. The third kappa shape index (κ3) is 3.77. The van der Waals surface area contributed by atoms with Crippen molar-refractivity contribution in [1.29, 1.82) is 0 Å². The van der Waals surface area contributed by atoms with E-state index >= 15 is 0 Å². The molecule has 1 aromatic carbocycles. The van der Waals surface area contributed by atoms with Crippen molar-refractivity contribution in [3.8, 4) is 11.5 Å². The number of nitrogens with zero attached hydrogens (tertiary/aromatic N) is 2. The molecule has 2 heterocycles. The van der Waals surface area contributed by atoms with Gasteiger partial charge in [-0.05, 0) is 30.3 Å². The molecule has 0 saturated carbocycles. The summed E-state index contributed by atoms with van der Waals surface area (Å²) >= 11 is 0. The highest BCUT2D eigenvalue weighted by Crippen LogP contribution is 2.25. The maximum absolute atomic E-state index is 13.0. The first kappa shape index (κ1) is 17.7. The summed E-state index contributed by atoms with van der Waals surface area (Å²) in [6.07, 6.45) is 3.41. The van der Waals surface area contributed by atoms with Gasteiger partial charge in [0.1, 0.15) is 23.6 Å². The molecular weight excluding hydrogens is 334 g/mol. The monoisotopic (exact) mass is 355 g/mol. The highest BCUT2D eigenvalue weighted by Gasteiger charge is 2.40. The first-order valence-corrected chi connectivity index (χ1v) is 8.35. The van der Waals surface area contributed by atoms with Gasteiger partial charge in [-0.3, -0.25) is 14.6 Å². The molecule has 136 valence electrons. The van der Waals surface area contributed by atoms with Crippen LogP contribution in [-0.2, 0) is 4.79 Å². The number of aromatic nitrogens is 1. The van der Waals surface area contributed by atoms with Crippen LogP contribution in [0.15, 0.2) is 48.8 Å². The molecule has 1 saturated heterocycles. The lowest BCUT2D eigenvalue weighted by atomic mass is 10.1. The van der Waals surface area contributed by atoms with Crippen LogP contribution in [-0.4, -0.2) is 54.5 Å². The summed E-state index contributed by atoms with van der Waals surface area (Å²) in [7, 11) is 3.11. The molecule has 7 nitrogen and oxygen atoms in total. The van der Waals surface area contributed by atoms with E-state index in [2.05, 4.69) is 10.3 Å². The molecule has 0 spiro atoms. The van der Waals surface area contributed by atoms with Crippen LogP contribution in [0.25, 0.3) is 0 Å². The number of carbonyl (C=O) groups excluding carboxylic acids is 2. The average molecular weight is 355 g/mol. The molecule has 2 aromatic rings. The zero-order chi connectivity index (χ0) is 18.5. The van der Waals surface area contributed by atoms with E-state index in [1.54, 1.807) is 67.8 Å². The van der Waals surface area contributed by atoms with Crippen LogP contribution in [0.1, 0.15) is 16.8 Å². The molecule has 1 aromatic heterocycles. The third-order valence-electron chi connectivity index (χ3n) is 4.33. The number of ether oxygens (including phenoxy) is 2. The van der Waals surface area contributed by atoms with Crippen LogP contribution >= 0.6 is 0 Å². The molecule has 0 unspecified atom stereocenters. The summed E-state index contributed by atoms with van der Waals surface area (Å²) in [4.78, 5) is 30.8. The van der Waals surface area contributed by atoms with E-state index in [0.717, 1.165) is 0 Å². The van der Waals surface area contributed by atoms with Gasteiger partial charge in [0.15, 0.2) is 0 Å². The van der Waals surface area contributed by atoms with Crippen LogP contribution in [0.4, 0.5) is 0 Å². The first-order valence-electron chi connectivity index (χ1n) is 8.35. The molecule has 0 bridgehead atoms. The van der Waals surface area contributed by atoms with E-state index in [4.69, 9.17) is 9.47 Å². The lowest BCUT2D eigenvalue weighted by molar-refractivity contribution is -0.124. The number of amides is 2. The van der Waals surface area contributed by atoms with Gasteiger partial charge in [-0.25, -0.2) is 0 Å². The van der Waals surface area contributed by atoms with Crippen molar-refractivity contribution in [2.45, 2.75) is 18.6 Å². The van der Waals surface area contributed by atoms with Crippen LogP contribution < -0.4 is 14.8 Å². The Morgan fingerprint density at radius 2 is 2.04 bits per heavy atom. The molecular formula is C19H21N3O4. The summed E-state index contributed by atoms with van der Waals surface area (Å²) in [6, 6.07) is 9.89. The van der Waals surface area contributed by atoms with Gasteiger partial charge in [0.25, 0.3) is 5.91 Å². The second kappa shape index (κ2) is 7.86. The summed E-state index contributed by atoms with van der Waals surface area (Å²) in [6.45, 7) is 0.322. The predicted octanol–water partition coefficient (Wildman–Crippen LogP) is 1.50. The van der Waals surface area contributed by atoms with Gasteiger partial charge >= 0.3 is 0 Å². The van der Waals surface area contributed by atoms with Crippen molar-refractivity contribution in [1.82, 2.24) is 15.2 Å². The Hall–Kier alpha value is -3.09. The zero-order valence-electron chi connectivity index (χ0n) is 14.7. The number of likely N-dealkylation sites (N-methyl/N-ethyl adjacent to an activating group) is 1. The second-order valence-electron chi connectivity index (χ2n) is 5.98. The second-order valence-corrected chi connectivity index (χ2v) is 5.98. The molecule has 3 rings (SSSR count). The Balaban J connectivity index is 1.80. The molecule has 7 heteroatoms. The van der Waals surface area contributed by atoms with Crippen molar-refractivity contribution in [3.05, 3.63) is 54.4 Å². The highest BCUT2D eigenvalue weighted by atomic mass is 16.5. The van der Waals surface area contributed by atoms with Crippen molar-refractivity contribution in [2.75, 3.05) is 20.7 Å². The molecule has 2 atom stereocenters. The highest BCUT2D eigenvalue weighted by molar-refractivity contribution is 5.98. The summed E-state index contributed by atoms with van der Waals surface area (Å²) in [5.74, 6) is 0.770. The zero-order valence-corrected chi connectivity index (χ0v) is 14.7. The van der Waals surface area contributed by atoms with E-state index in [0.29, 0.717) is 30.0 Å². The minimum Gasteiger partial charge on any atom is -0.497 e. The largest absolute Gasteiger partial charge is 0.497 e. The van der Waals surface area contributed by atoms with E-state index in [1.807, 2.05) is 0 Å². The van der Waals surface area contributed by atoms with Crippen molar-refractivity contribution in [2.24, 2.45) is 0 Å². The van der Waals surface area contributed by atoms with E-state index in [9.17, 15) is 9.59 Å². The summed E-state index contributed by atoms with van der Waals surface area (Å²) in [5, 5.41) is 2.62. The SMILES string of the molecule is CNC(=O)[C@H]1C[C@H](Oc2cccnc2)CN1C(=O)c1cccc(OC)c1. The quantitative estimate of drug-likeness (QED) is 0.879. The van der Waals surface area contributed by atoms with E-state index < -0.39 is 6.04 Å². The smallest absolute Gasteiger partial charge is 0.254 e. The molecule has 0 radical (unpaired) electrons. The van der Waals surface area contributed by atoms with Gasteiger partial charge in [0.05, 0.1) is 19.9 Å². The molecule has 0 aliphatic carbocycles. The standard InChI is InChI=1S/C19H21N3O4/c1-20-18(23)17-10-16(26-15-7-4-8-21-11-15)12-22(17)19(24)13-5-3-6-14(9-13)25-2/h3-9,11,16-17H,10,12H2,1-2H3,(H,20,23)/t16-,17+/m0/s1. The average Bonchev–Trinajstić information content (AvgIpc) is 3.11.